The lowest BCUT2D eigenvalue weighted by atomic mass is 9.87. The van der Waals surface area contributed by atoms with Gasteiger partial charge in [-0.2, -0.15) is 5.10 Å². The maximum atomic E-state index is 12.7. The minimum Gasteiger partial charge on any atom is -0.371 e. The zero-order chi connectivity index (χ0) is 14.0. The number of rotatable bonds is 2. The van der Waals surface area contributed by atoms with Crippen LogP contribution in [0, 0.1) is 0 Å². The minimum absolute atomic E-state index is 0.0888. The van der Waals surface area contributed by atoms with E-state index in [1.54, 1.807) is 0 Å². The number of carbonyl (C=O) groups is 1. The summed E-state index contributed by atoms with van der Waals surface area (Å²) in [5.41, 5.74) is 4.36. The zero-order valence-corrected chi connectivity index (χ0v) is 11.2. The third-order valence-corrected chi connectivity index (χ3v) is 4.23. The molecule has 2 aliphatic rings. The maximum Gasteiger partial charge on any atom is 0.194 e. The molecule has 0 bridgehead atoms. The SMILES string of the molecule is O=C1c2ccccc2-c2nn(CC3CO3)c3cccc1c23. The number of epoxide rings is 1. The third-order valence-electron chi connectivity index (χ3n) is 4.23. The van der Waals surface area contributed by atoms with E-state index >= 15 is 0 Å². The van der Waals surface area contributed by atoms with Gasteiger partial charge in [0.05, 0.1) is 18.7 Å². The number of hydrogen-bond donors (Lipinski definition) is 0. The molecule has 1 aliphatic carbocycles. The van der Waals surface area contributed by atoms with Crippen molar-refractivity contribution in [2.45, 2.75) is 12.6 Å². The molecule has 0 amide bonds. The van der Waals surface area contributed by atoms with Crippen LogP contribution in [0.4, 0.5) is 0 Å². The van der Waals surface area contributed by atoms with Gasteiger partial charge in [-0.1, -0.05) is 36.4 Å². The van der Waals surface area contributed by atoms with Crippen molar-refractivity contribution in [2.75, 3.05) is 6.61 Å². The van der Waals surface area contributed by atoms with Gasteiger partial charge in [0.25, 0.3) is 0 Å². The maximum absolute atomic E-state index is 12.7. The van der Waals surface area contributed by atoms with Crippen LogP contribution in [0.2, 0.25) is 0 Å². The number of hydrogen-bond acceptors (Lipinski definition) is 3. The molecule has 0 spiro atoms. The van der Waals surface area contributed by atoms with E-state index in [1.807, 2.05) is 47.1 Å². The summed E-state index contributed by atoms with van der Waals surface area (Å²) < 4.78 is 7.29. The topological polar surface area (TPSA) is 47.4 Å². The molecule has 1 aliphatic heterocycles. The highest BCUT2D eigenvalue weighted by Crippen LogP contribution is 2.38. The molecular weight excluding hydrogens is 264 g/mol. The Labute approximate surface area is 121 Å². The average molecular weight is 276 g/mol. The Balaban J connectivity index is 1.87. The van der Waals surface area contributed by atoms with Crippen LogP contribution in [-0.2, 0) is 11.3 Å². The van der Waals surface area contributed by atoms with Gasteiger partial charge in [0.15, 0.2) is 5.78 Å². The van der Waals surface area contributed by atoms with Gasteiger partial charge < -0.3 is 4.74 Å². The van der Waals surface area contributed by atoms with E-state index in [2.05, 4.69) is 0 Å². The zero-order valence-electron chi connectivity index (χ0n) is 11.2. The van der Waals surface area contributed by atoms with Gasteiger partial charge >= 0.3 is 0 Å². The molecule has 1 atom stereocenters. The first-order chi connectivity index (χ1) is 10.3. The van der Waals surface area contributed by atoms with Crippen LogP contribution in [0.15, 0.2) is 42.5 Å². The monoisotopic (exact) mass is 276 g/mol. The Hall–Kier alpha value is -2.46. The largest absolute Gasteiger partial charge is 0.371 e. The molecule has 4 nitrogen and oxygen atoms in total. The molecule has 1 aromatic heterocycles. The van der Waals surface area contributed by atoms with Crippen molar-refractivity contribution in [3.8, 4) is 11.3 Å². The van der Waals surface area contributed by atoms with Crippen LogP contribution in [0.1, 0.15) is 15.9 Å². The van der Waals surface area contributed by atoms with E-state index < -0.39 is 0 Å². The molecule has 5 rings (SSSR count). The molecule has 21 heavy (non-hydrogen) atoms. The first kappa shape index (κ1) is 11.2. The minimum atomic E-state index is 0.0888. The Morgan fingerprint density at radius 3 is 2.67 bits per heavy atom. The number of benzene rings is 2. The van der Waals surface area contributed by atoms with Crippen LogP contribution in [0.5, 0.6) is 0 Å². The van der Waals surface area contributed by atoms with Crippen LogP contribution in [-0.4, -0.2) is 28.3 Å². The normalized spacial score (nSPS) is 18.9. The lowest BCUT2D eigenvalue weighted by Crippen LogP contribution is -2.08. The van der Waals surface area contributed by atoms with E-state index in [1.165, 1.54) is 0 Å². The van der Waals surface area contributed by atoms with E-state index in [9.17, 15) is 4.79 Å². The summed E-state index contributed by atoms with van der Waals surface area (Å²) in [7, 11) is 0. The van der Waals surface area contributed by atoms with Gasteiger partial charge in [0.2, 0.25) is 0 Å². The summed E-state index contributed by atoms with van der Waals surface area (Å²) in [5.74, 6) is 0.0888. The highest BCUT2D eigenvalue weighted by atomic mass is 16.6. The van der Waals surface area contributed by atoms with Crippen molar-refractivity contribution in [2.24, 2.45) is 0 Å². The first-order valence-corrected chi connectivity index (χ1v) is 7.08. The Bertz CT molecular complexity index is 906. The molecule has 4 heteroatoms. The molecule has 1 fully saturated rings. The summed E-state index contributed by atoms with van der Waals surface area (Å²) >= 11 is 0. The van der Waals surface area contributed by atoms with Crippen LogP contribution >= 0.6 is 0 Å². The van der Waals surface area contributed by atoms with Crippen LogP contribution in [0.25, 0.3) is 22.2 Å². The lowest BCUT2D eigenvalue weighted by molar-refractivity contribution is 0.104. The fourth-order valence-electron chi connectivity index (χ4n) is 3.14. The molecule has 0 radical (unpaired) electrons. The third kappa shape index (κ3) is 1.48. The van der Waals surface area contributed by atoms with Gasteiger partial charge in [0.1, 0.15) is 11.8 Å². The molecule has 0 N–H and O–H groups in total. The first-order valence-electron chi connectivity index (χ1n) is 7.08. The predicted molar refractivity (Wildman–Crippen MR) is 78.3 cm³/mol. The molecule has 1 unspecified atom stereocenters. The van der Waals surface area contributed by atoms with Crippen LogP contribution in [0.3, 0.4) is 0 Å². The number of carbonyl (C=O) groups excluding carboxylic acids is 1. The second-order valence-corrected chi connectivity index (χ2v) is 5.56. The molecule has 2 heterocycles. The number of ether oxygens (including phenoxy) is 1. The Kier molecular flexibility index (Phi) is 2.03. The second-order valence-electron chi connectivity index (χ2n) is 5.56. The summed E-state index contributed by atoms with van der Waals surface area (Å²) in [6.07, 6.45) is 0.260. The van der Waals surface area contributed by atoms with Gasteiger partial charge in [-0.05, 0) is 6.07 Å². The van der Waals surface area contributed by atoms with Crippen molar-refractivity contribution in [1.82, 2.24) is 9.78 Å². The standard InChI is InChI=1S/C17H12N2O2/c20-17-12-5-2-1-4-11(12)16-15-13(17)6-3-7-14(15)19(18-16)8-10-9-21-10/h1-7,10H,8-9H2. The highest BCUT2D eigenvalue weighted by molar-refractivity contribution is 6.25. The summed E-state index contributed by atoms with van der Waals surface area (Å²) in [5, 5.41) is 5.73. The molecule has 3 aromatic rings. The van der Waals surface area contributed by atoms with E-state index in [-0.39, 0.29) is 11.9 Å². The smallest absolute Gasteiger partial charge is 0.194 e. The Morgan fingerprint density at radius 2 is 1.86 bits per heavy atom. The number of ketones is 1. The quantitative estimate of drug-likeness (QED) is 0.529. The van der Waals surface area contributed by atoms with E-state index in [0.29, 0.717) is 0 Å². The van der Waals surface area contributed by atoms with Crippen molar-refractivity contribution in [1.29, 1.82) is 0 Å². The summed E-state index contributed by atoms with van der Waals surface area (Å²) in [6, 6.07) is 13.6. The molecular formula is C17H12N2O2. The number of fused-ring (bicyclic) bond motifs is 2. The highest BCUT2D eigenvalue weighted by Gasteiger charge is 2.30. The lowest BCUT2D eigenvalue weighted by Gasteiger charge is -2.13. The number of nitrogens with zero attached hydrogens (tertiary/aromatic N) is 2. The summed E-state index contributed by atoms with van der Waals surface area (Å²) in [4.78, 5) is 12.7. The molecule has 2 aromatic carbocycles. The fraction of sp³-hybridized carbons (Fsp3) is 0.176. The fourth-order valence-corrected chi connectivity index (χ4v) is 3.14. The average Bonchev–Trinajstić information content (AvgIpc) is 3.26. The van der Waals surface area contributed by atoms with Crippen molar-refractivity contribution in [3.05, 3.63) is 53.6 Å². The van der Waals surface area contributed by atoms with Crippen molar-refractivity contribution in [3.63, 3.8) is 0 Å². The van der Waals surface area contributed by atoms with E-state index in [0.717, 1.165) is 46.4 Å². The number of aromatic nitrogens is 2. The summed E-state index contributed by atoms with van der Waals surface area (Å²) in [6.45, 7) is 1.54. The Morgan fingerprint density at radius 1 is 1.10 bits per heavy atom. The van der Waals surface area contributed by atoms with Gasteiger partial charge in [-0.15, -0.1) is 0 Å². The van der Waals surface area contributed by atoms with Crippen molar-refractivity contribution >= 4 is 16.7 Å². The molecule has 0 saturated carbocycles. The second kappa shape index (κ2) is 3.80. The van der Waals surface area contributed by atoms with Crippen LogP contribution < -0.4 is 0 Å². The van der Waals surface area contributed by atoms with Gasteiger partial charge in [0, 0.05) is 22.1 Å². The molecule has 1 saturated heterocycles. The van der Waals surface area contributed by atoms with E-state index in [4.69, 9.17) is 9.84 Å². The van der Waals surface area contributed by atoms with Gasteiger partial charge in [-0.25, -0.2) is 0 Å². The van der Waals surface area contributed by atoms with Crippen molar-refractivity contribution < 1.29 is 9.53 Å². The predicted octanol–water partition coefficient (Wildman–Crippen LogP) is 2.65. The van der Waals surface area contributed by atoms with Gasteiger partial charge in [-0.3, -0.25) is 9.48 Å². The molecule has 102 valence electrons.